The quantitative estimate of drug-likeness (QED) is 0.169. The number of hydrogen-bond acceptors (Lipinski definition) is 9. The summed E-state index contributed by atoms with van der Waals surface area (Å²) in [5.41, 5.74) is 1.14. The zero-order chi connectivity index (χ0) is 19.4. The molecule has 0 aliphatic carbocycles. The van der Waals surface area contributed by atoms with Crippen LogP contribution >= 0.6 is 0 Å². The van der Waals surface area contributed by atoms with Crippen LogP contribution in [0.2, 0.25) is 0 Å². The number of aliphatic hydroxyl groups is 5. The second-order valence-electron chi connectivity index (χ2n) is 5.73. The van der Waals surface area contributed by atoms with Crippen molar-refractivity contribution in [3.05, 3.63) is 23.8 Å². The molecule has 0 aromatic heterocycles. The SMILES string of the molecule is Cc1cc(N(C)CC(O)C(O)C(O)C(O)CO)ccc1NS(=O)(=O)[O-].[K+]. The summed E-state index contributed by atoms with van der Waals surface area (Å²) in [5, 5.41) is 47.4. The molecule has 26 heavy (non-hydrogen) atoms. The summed E-state index contributed by atoms with van der Waals surface area (Å²) in [6, 6.07) is 4.44. The molecule has 0 aliphatic heterocycles. The molecule has 144 valence electrons. The zero-order valence-corrected chi connectivity index (χ0v) is 18.7. The Bertz CT molecular complexity index is 675. The Hall–Kier alpha value is 0.166. The van der Waals surface area contributed by atoms with Gasteiger partial charge in [0.25, 0.3) is 0 Å². The predicted octanol–water partition coefficient (Wildman–Crippen LogP) is -5.26. The van der Waals surface area contributed by atoms with Crippen molar-refractivity contribution in [3.8, 4) is 0 Å². The van der Waals surface area contributed by atoms with Crippen LogP contribution in [-0.2, 0) is 10.3 Å². The first-order valence-corrected chi connectivity index (χ1v) is 8.75. The summed E-state index contributed by atoms with van der Waals surface area (Å²) in [7, 11) is -3.06. The Morgan fingerprint density at radius 1 is 1.15 bits per heavy atom. The van der Waals surface area contributed by atoms with E-state index >= 15 is 0 Å². The fourth-order valence-electron chi connectivity index (χ4n) is 2.19. The number of likely N-dealkylation sites (N-methyl/N-ethyl adjacent to an activating group) is 1. The monoisotopic (exact) mass is 418 g/mol. The van der Waals surface area contributed by atoms with Crippen molar-refractivity contribution in [2.75, 3.05) is 29.8 Å². The molecular weight excluding hydrogens is 395 g/mol. The third-order valence-electron chi connectivity index (χ3n) is 3.67. The number of nitrogens with one attached hydrogen (secondary N) is 1. The van der Waals surface area contributed by atoms with Crippen molar-refractivity contribution in [2.45, 2.75) is 31.3 Å². The van der Waals surface area contributed by atoms with E-state index in [9.17, 15) is 33.4 Å². The molecule has 1 aromatic rings. The number of rotatable bonds is 9. The standard InChI is InChI=1S/C14H24N2O8S.K/c1-8-5-9(3-4-10(8)15-25(22,23)24)16(2)6-11(18)13(20)14(21)12(19)7-17;/h3-5,11-15,17-21H,6-7H2,1-2H3,(H,22,23,24);/q;+1/p-1. The van der Waals surface area contributed by atoms with E-state index in [-0.39, 0.29) is 63.6 Å². The van der Waals surface area contributed by atoms with Gasteiger partial charge in [-0.2, -0.15) is 0 Å². The number of benzene rings is 1. The number of hydrogen-bond donors (Lipinski definition) is 6. The first kappa shape index (κ1) is 26.2. The van der Waals surface area contributed by atoms with Crippen LogP contribution in [0.1, 0.15) is 5.56 Å². The number of nitrogens with zero attached hydrogens (tertiary/aromatic N) is 1. The van der Waals surface area contributed by atoms with E-state index in [1.165, 1.54) is 17.0 Å². The van der Waals surface area contributed by atoms with Crippen LogP contribution in [-0.4, -0.2) is 83.1 Å². The maximum absolute atomic E-state index is 10.7. The molecule has 0 fully saturated rings. The summed E-state index contributed by atoms with van der Waals surface area (Å²) >= 11 is 0. The minimum atomic E-state index is -4.64. The molecule has 10 nitrogen and oxygen atoms in total. The van der Waals surface area contributed by atoms with Gasteiger partial charge in [-0.05, 0) is 30.7 Å². The molecule has 0 aliphatic rings. The molecule has 0 bridgehead atoms. The first-order chi connectivity index (χ1) is 11.5. The topological polar surface area (TPSA) is 174 Å². The Kier molecular flexibility index (Phi) is 11.3. The molecule has 0 amide bonds. The average molecular weight is 419 g/mol. The van der Waals surface area contributed by atoms with E-state index in [1.807, 2.05) is 4.72 Å². The minimum Gasteiger partial charge on any atom is -0.731 e. The van der Waals surface area contributed by atoms with Gasteiger partial charge in [0.15, 0.2) is 10.3 Å². The van der Waals surface area contributed by atoms with Crippen LogP contribution in [0, 0.1) is 6.92 Å². The molecule has 1 aromatic carbocycles. The van der Waals surface area contributed by atoms with Crippen molar-refractivity contribution in [1.29, 1.82) is 0 Å². The van der Waals surface area contributed by atoms with Crippen LogP contribution < -0.4 is 61.0 Å². The van der Waals surface area contributed by atoms with Crippen LogP contribution in [0.25, 0.3) is 0 Å². The second kappa shape index (κ2) is 11.2. The van der Waals surface area contributed by atoms with Gasteiger partial charge in [-0.3, -0.25) is 4.72 Å². The smallest absolute Gasteiger partial charge is 0.731 e. The molecule has 4 unspecified atom stereocenters. The van der Waals surface area contributed by atoms with Gasteiger partial charge < -0.3 is 35.0 Å². The fourth-order valence-corrected chi connectivity index (χ4v) is 2.69. The van der Waals surface area contributed by atoms with Gasteiger partial charge in [0, 0.05) is 19.3 Å². The maximum atomic E-state index is 10.7. The van der Waals surface area contributed by atoms with Gasteiger partial charge in [0.1, 0.15) is 18.3 Å². The molecule has 1 rings (SSSR count). The van der Waals surface area contributed by atoms with Crippen molar-refractivity contribution >= 4 is 21.7 Å². The van der Waals surface area contributed by atoms with Crippen LogP contribution in [0.3, 0.4) is 0 Å². The number of anilines is 2. The van der Waals surface area contributed by atoms with Gasteiger partial charge in [-0.25, -0.2) is 8.42 Å². The molecule has 0 radical (unpaired) electrons. The Labute approximate surface area is 194 Å². The first-order valence-electron chi connectivity index (χ1n) is 7.34. The normalized spacial score (nSPS) is 16.2. The molecule has 4 atom stereocenters. The van der Waals surface area contributed by atoms with E-state index in [2.05, 4.69) is 0 Å². The minimum absolute atomic E-state index is 0. The molecule has 12 heteroatoms. The van der Waals surface area contributed by atoms with E-state index in [1.54, 1.807) is 20.0 Å². The van der Waals surface area contributed by atoms with Gasteiger partial charge in [-0.1, -0.05) is 0 Å². The molecule has 0 saturated carbocycles. The van der Waals surface area contributed by atoms with Crippen LogP contribution in [0.5, 0.6) is 0 Å². The van der Waals surface area contributed by atoms with Crippen molar-refractivity contribution < 1.29 is 89.9 Å². The largest absolute Gasteiger partial charge is 1.00 e. The third kappa shape index (κ3) is 8.04. The summed E-state index contributed by atoms with van der Waals surface area (Å²) < 4.78 is 34.0. The van der Waals surface area contributed by atoms with Crippen LogP contribution in [0.15, 0.2) is 18.2 Å². The summed E-state index contributed by atoms with van der Waals surface area (Å²) in [6.45, 7) is 0.691. The summed E-state index contributed by atoms with van der Waals surface area (Å²) in [5.74, 6) is 0. The van der Waals surface area contributed by atoms with E-state index in [0.29, 0.717) is 11.3 Å². The molecule has 0 saturated heterocycles. The molecule has 6 N–H and O–H groups in total. The number of aliphatic hydroxyl groups excluding tert-OH is 5. The Balaban J connectivity index is 0.00000625. The maximum Gasteiger partial charge on any atom is 1.00 e. The van der Waals surface area contributed by atoms with Crippen molar-refractivity contribution in [1.82, 2.24) is 0 Å². The number of aryl methyl sites for hydroxylation is 1. The van der Waals surface area contributed by atoms with Crippen molar-refractivity contribution in [3.63, 3.8) is 0 Å². The summed E-state index contributed by atoms with van der Waals surface area (Å²) in [6.07, 6.45) is -6.42. The third-order valence-corrected chi connectivity index (χ3v) is 4.14. The Morgan fingerprint density at radius 2 is 1.69 bits per heavy atom. The van der Waals surface area contributed by atoms with Gasteiger partial charge in [0.2, 0.25) is 0 Å². The van der Waals surface area contributed by atoms with Gasteiger partial charge >= 0.3 is 51.4 Å². The van der Waals surface area contributed by atoms with E-state index in [0.717, 1.165) is 0 Å². The molecule has 0 heterocycles. The van der Waals surface area contributed by atoms with Crippen molar-refractivity contribution in [2.24, 2.45) is 0 Å². The zero-order valence-electron chi connectivity index (χ0n) is 14.8. The average Bonchev–Trinajstić information content (AvgIpc) is 2.53. The molecular formula is C14H23KN2O8S. The van der Waals surface area contributed by atoms with E-state index < -0.39 is 41.3 Å². The second-order valence-corrected chi connectivity index (χ2v) is 6.85. The molecule has 0 spiro atoms. The summed E-state index contributed by atoms with van der Waals surface area (Å²) in [4.78, 5) is 1.52. The van der Waals surface area contributed by atoms with Gasteiger partial charge in [0.05, 0.1) is 18.4 Å². The van der Waals surface area contributed by atoms with Gasteiger partial charge in [-0.15, -0.1) is 0 Å². The van der Waals surface area contributed by atoms with E-state index in [4.69, 9.17) is 5.11 Å². The predicted molar refractivity (Wildman–Crippen MR) is 88.9 cm³/mol. The fraction of sp³-hybridized carbons (Fsp3) is 0.571. The van der Waals surface area contributed by atoms with Crippen LogP contribution in [0.4, 0.5) is 11.4 Å². The Morgan fingerprint density at radius 3 is 2.15 bits per heavy atom.